The Kier molecular flexibility index (Phi) is 7.43. The Morgan fingerprint density at radius 1 is 1.10 bits per heavy atom. The van der Waals surface area contributed by atoms with E-state index in [0.717, 1.165) is 16.4 Å². The second-order valence-electron chi connectivity index (χ2n) is 6.20. The maximum absolute atomic E-state index is 14.2. The van der Waals surface area contributed by atoms with Crippen molar-refractivity contribution in [2.24, 2.45) is 0 Å². The number of hydrogen-bond donors (Lipinski definition) is 1. The number of morpholine rings is 1. The van der Waals surface area contributed by atoms with E-state index in [0.29, 0.717) is 0 Å². The van der Waals surface area contributed by atoms with E-state index in [9.17, 15) is 17.6 Å². The first-order valence-corrected chi connectivity index (χ1v) is 11.2. The van der Waals surface area contributed by atoms with Crippen LogP contribution in [0.1, 0.15) is 0 Å². The highest BCUT2D eigenvalue weighted by Crippen LogP contribution is 2.33. The molecule has 0 unspecified atom stereocenters. The molecule has 7 nitrogen and oxygen atoms in total. The summed E-state index contributed by atoms with van der Waals surface area (Å²) in [4.78, 5) is 11.7. The molecule has 1 aliphatic rings. The molecular formula is C18H16Cl3FN2O5S. The summed E-state index contributed by atoms with van der Waals surface area (Å²) in [6.45, 7) is 0.256. The molecule has 12 heteroatoms. The van der Waals surface area contributed by atoms with Gasteiger partial charge >= 0.3 is 0 Å². The smallest absolute Gasteiger partial charge is 0.262 e. The van der Waals surface area contributed by atoms with Crippen molar-refractivity contribution in [3.8, 4) is 5.75 Å². The minimum atomic E-state index is -4.07. The third-order valence-electron chi connectivity index (χ3n) is 4.14. The van der Waals surface area contributed by atoms with Gasteiger partial charge in [-0.2, -0.15) is 4.31 Å². The second kappa shape index (κ2) is 9.67. The molecule has 1 aliphatic heterocycles. The van der Waals surface area contributed by atoms with Gasteiger partial charge in [0.2, 0.25) is 10.0 Å². The molecule has 2 aromatic rings. The third kappa shape index (κ3) is 5.35. The summed E-state index contributed by atoms with van der Waals surface area (Å²) in [6.07, 6.45) is 0. The first-order chi connectivity index (χ1) is 14.2. The summed E-state index contributed by atoms with van der Waals surface area (Å²) in [5.74, 6) is -1.38. The molecule has 0 atom stereocenters. The number of halogens is 4. The van der Waals surface area contributed by atoms with Crippen LogP contribution in [0.4, 0.5) is 10.1 Å². The maximum atomic E-state index is 14.2. The van der Waals surface area contributed by atoms with Crippen molar-refractivity contribution in [1.29, 1.82) is 0 Å². The molecule has 1 saturated heterocycles. The van der Waals surface area contributed by atoms with Crippen LogP contribution >= 0.6 is 34.8 Å². The van der Waals surface area contributed by atoms with E-state index in [4.69, 9.17) is 44.3 Å². The number of nitrogens with zero attached hydrogens (tertiary/aromatic N) is 1. The largest absolute Gasteiger partial charge is 0.482 e. The predicted octanol–water partition coefficient (Wildman–Crippen LogP) is 3.82. The maximum Gasteiger partial charge on any atom is 0.262 e. The highest BCUT2D eigenvalue weighted by Gasteiger charge is 2.29. The fourth-order valence-corrected chi connectivity index (χ4v) is 4.75. The summed E-state index contributed by atoms with van der Waals surface area (Å²) in [5.41, 5.74) is 0.0945. The zero-order chi connectivity index (χ0) is 21.9. The third-order valence-corrected chi connectivity index (χ3v) is 7.07. The van der Waals surface area contributed by atoms with Gasteiger partial charge in [-0.3, -0.25) is 4.79 Å². The summed E-state index contributed by atoms with van der Waals surface area (Å²) < 4.78 is 51.2. The van der Waals surface area contributed by atoms with Crippen LogP contribution in [0.2, 0.25) is 15.1 Å². The zero-order valence-electron chi connectivity index (χ0n) is 15.3. The van der Waals surface area contributed by atoms with Crippen LogP contribution in [-0.2, 0) is 19.6 Å². The van der Waals surface area contributed by atoms with Crippen LogP contribution in [-0.4, -0.2) is 51.5 Å². The number of carbonyl (C=O) groups is 1. The lowest BCUT2D eigenvalue weighted by Gasteiger charge is -2.26. The van der Waals surface area contributed by atoms with Gasteiger partial charge in [0.15, 0.2) is 6.61 Å². The van der Waals surface area contributed by atoms with E-state index in [1.54, 1.807) is 0 Å². The molecule has 2 aromatic carbocycles. The molecule has 3 rings (SSSR count). The fraction of sp³-hybridized carbons (Fsp3) is 0.278. The number of rotatable bonds is 6. The Morgan fingerprint density at radius 2 is 1.77 bits per heavy atom. The number of amides is 1. The summed E-state index contributed by atoms with van der Waals surface area (Å²) in [5, 5.41) is 3.06. The van der Waals surface area contributed by atoms with Crippen LogP contribution < -0.4 is 10.1 Å². The molecule has 1 fully saturated rings. The molecular weight excluding hydrogens is 482 g/mol. The number of benzene rings is 2. The number of sulfonamides is 1. The van der Waals surface area contributed by atoms with E-state index in [1.165, 1.54) is 18.2 Å². The zero-order valence-corrected chi connectivity index (χ0v) is 18.4. The Hall–Kier alpha value is -1.62. The van der Waals surface area contributed by atoms with E-state index in [1.807, 2.05) is 0 Å². The molecule has 0 radical (unpaired) electrons. The molecule has 162 valence electrons. The second-order valence-corrected chi connectivity index (χ2v) is 9.32. The Labute approximate surface area is 187 Å². The van der Waals surface area contributed by atoms with E-state index < -0.39 is 33.3 Å². The van der Waals surface area contributed by atoms with Crippen molar-refractivity contribution < 1.29 is 27.1 Å². The summed E-state index contributed by atoms with van der Waals surface area (Å²) >= 11 is 17.7. The number of carbonyl (C=O) groups excluding carboxylic acids is 1. The quantitative estimate of drug-likeness (QED) is 0.613. The summed E-state index contributed by atoms with van der Waals surface area (Å²) in [7, 11) is -4.07. The normalized spacial score (nSPS) is 15.1. The highest BCUT2D eigenvalue weighted by molar-refractivity contribution is 7.89. The Bertz CT molecular complexity index is 1060. The molecule has 0 aromatic heterocycles. The summed E-state index contributed by atoms with van der Waals surface area (Å²) in [6, 6.07) is 6.02. The lowest BCUT2D eigenvalue weighted by Crippen LogP contribution is -2.40. The molecule has 0 saturated carbocycles. The first kappa shape index (κ1) is 23.1. The minimum absolute atomic E-state index is 0.0945. The van der Waals surface area contributed by atoms with Gasteiger partial charge in [0.25, 0.3) is 5.91 Å². The van der Waals surface area contributed by atoms with Crippen molar-refractivity contribution in [1.82, 2.24) is 4.31 Å². The Morgan fingerprint density at radius 3 is 2.47 bits per heavy atom. The molecule has 1 amide bonds. The van der Waals surface area contributed by atoms with Crippen LogP contribution in [0.3, 0.4) is 0 Å². The van der Waals surface area contributed by atoms with Crippen molar-refractivity contribution in [2.45, 2.75) is 4.90 Å². The lowest BCUT2D eigenvalue weighted by atomic mass is 10.3. The van der Waals surface area contributed by atoms with Crippen LogP contribution in [0.5, 0.6) is 5.75 Å². The van der Waals surface area contributed by atoms with Crippen molar-refractivity contribution in [3.05, 3.63) is 51.2 Å². The number of anilines is 1. The number of nitrogens with one attached hydrogen (secondary N) is 1. The first-order valence-electron chi connectivity index (χ1n) is 8.63. The van der Waals surface area contributed by atoms with Crippen LogP contribution in [0.15, 0.2) is 35.2 Å². The van der Waals surface area contributed by atoms with Gasteiger partial charge in [-0.15, -0.1) is 0 Å². The average Bonchev–Trinajstić information content (AvgIpc) is 2.71. The van der Waals surface area contributed by atoms with Gasteiger partial charge < -0.3 is 14.8 Å². The van der Waals surface area contributed by atoms with E-state index in [-0.39, 0.29) is 52.8 Å². The topological polar surface area (TPSA) is 84.9 Å². The minimum Gasteiger partial charge on any atom is -0.482 e. The SMILES string of the molecule is O=C(COc1cc(Cl)c(Cl)cc1Cl)Nc1ccc(F)c(S(=O)(=O)N2CCOCC2)c1. The predicted molar refractivity (Wildman–Crippen MR) is 112 cm³/mol. The molecule has 1 N–H and O–H groups in total. The van der Waals surface area contributed by atoms with Gasteiger partial charge in [0.05, 0.1) is 28.3 Å². The lowest BCUT2D eigenvalue weighted by molar-refractivity contribution is -0.118. The molecule has 0 bridgehead atoms. The van der Waals surface area contributed by atoms with Crippen molar-refractivity contribution in [3.63, 3.8) is 0 Å². The van der Waals surface area contributed by atoms with Gasteiger partial charge in [-0.25, -0.2) is 12.8 Å². The molecule has 0 spiro atoms. The fourth-order valence-electron chi connectivity index (χ4n) is 2.66. The van der Waals surface area contributed by atoms with Crippen LogP contribution in [0, 0.1) is 5.82 Å². The van der Waals surface area contributed by atoms with Gasteiger partial charge in [-0.05, 0) is 24.3 Å². The highest BCUT2D eigenvalue weighted by atomic mass is 35.5. The standard InChI is InChI=1S/C18H16Cl3FN2O5S/c19-12-8-14(21)16(9-13(12)20)29-10-18(25)23-11-1-2-15(22)17(7-11)30(26,27)24-3-5-28-6-4-24/h1-2,7-9H,3-6,10H2,(H,23,25). The molecule has 30 heavy (non-hydrogen) atoms. The van der Waals surface area contributed by atoms with Gasteiger partial charge in [0, 0.05) is 24.8 Å². The van der Waals surface area contributed by atoms with Crippen molar-refractivity contribution in [2.75, 3.05) is 38.2 Å². The Balaban J connectivity index is 1.70. The van der Waals surface area contributed by atoms with Gasteiger partial charge in [0.1, 0.15) is 16.5 Å². The molecule has 0 aliphatic carbocycles. The molecule has 1 heterocycles. The monoisotopic (exact) mass is 496 g/mol. The van der Waals surface area contributed by atoms with Crippen molar-refractivity contribution >= 4 is 56.4 Å². The number of hydrogen-bond acceptors (Lipinski definition) is 5. The number of ether oxygens (including phenoxy) is 2. The average molecular weight is 498 g/mol. The van der Waals surface area contributed by atoms with Crippen LogP contribution in [0.25, 0.3) is 0 Å². The van der Waals surface area contributed by atoms with Gasteiger partial charge in [-0.1, -0.05) is 34.8 Å². The van der Waals surface area contributed by atoms with E-state index in [2.05, 4.69) is 5.32 Å². The van der Waals surface area contributed by atoms with E-state index >= 15 is 0 Å².